The predicted octanol–water partition coefficient (Wildman–Crippen LogP) is 3.09. The average Bonchev–Trinajstić information content (AvgIpc) is 3.01. The third-order valence-electron chi connectivity index (χ3n) is 3.17. The molecule has 0 aliphatic carbocycles. The molecule has 2 rings (SSSR count). The molecule has 0 unspecified atom stereocenters. The van der Waals surface area contributed by atoms with E-state index in [1.54, 1.807) is 11.4 Å². The fourth-order valence-corrected chi connectivity index (χ4v) is 2.57. The number of carbonyl (C=O) groups excluding carboxylic acids is 2. The Bertz CT molecular complexity index is 605. The summed E-state index contributed by atoms with van der Waals surface area (Å²) in [6.07, 6.45) is 0.107. The Labute approximate surface area is 127 Å². The predicted molar refractivity (Wildman–Crippen MR) is 82.3 cm³/mol. The second kappa shape index (κ2) is 7.04. The highest BCUT2D eigenvalue weighted by molar-refractivity contribution is 7.08. The minimum absolute atomic E-state index is 0.107. The molecule has 4 nitrogen and oxygen atoms in total. The molecule has 0 saturated carbocycles. The third-order valence-corrected chi connectivity index (χ3v) is 3.85. The summed E-state index contributed by atoms with van der Waals surface area (Å²) in [4.78, 5) is 23.7. The van der Waals surface area contributed by atoms with E-state index in [-0.39, 0.29) is 18.3 Å². The van der Waals surface area contributed by atoms with Crippen LogP contribution in [0.2, 0.25) is 0 Å². The van der Waals surface area contributed by atoms with Gasteiger partial charge in [0.25, 0.3) is 5.91 Å². The minimum atomic E-state index is -0.398. The molecule has 1 heterocycles. The largest absolute Gasteiger partial charge is 0.469 e. The van der Waals surface area contributed by atoms with Crippen molar-refractivity contribution in [3.63, 3.8) is 0 Å². The lowest BCUT2D eigenvalue weighted by Crippen LogP contribution is -2.30. The number of thiophene rings is 1. The van der Waals surface area contributed by atoms with Crippen LogP contribution in [0, 0.1) is 6.92 Å². The lowest BCUT2D eigenvalue weighted by Gasteiger charge is -2.18. The van der Waals surface area contributed by atoms with E-state index < -0.39 is 6.04 Å². The summed E-state index contributed by atoms with van der Waals surface area (Å²) >= 11 is 1.46. The Morgan fingerprint density at radius 2 is 1.95 bits per heavy atom. The Hall–Kier alpha value is -2.14. The quantitative estimate of drug-likeness (QED) is 0.864. The number of amides is 1. The molecule has 0 aliphatic heterocycles. The van der Waals surface area contributed by atoms with Crippen molar-refractivity contribution < 1.29 is 14.3 Å². The maximum atomic E-state index is 12.2. The normalized spacial score (nSPS) is 11.7. The molecule has 21 heavy (non-hydrogen) atoms. The van der Waals surface area contributed by atoms with Crippen molar-refractivity contribution in [1.29, 1.82) is 0 Å². The van der Waals surface area contributed by atoms with Crippen LogP contribution in [-0.2, 0) is 9.53 Å². The van der Waals surface area contributed by atoms with Gasteiger partial charge in [0.05, 0.1) is 25.1 Å². The number of ether oxygens (including phenoxy) is 1. The molecule has 2 aromatic rings. The van der Waals surface area contributed by atoms with Gasteiger partial charge < -0.3 is 10.1 Å². The Morgan fingerprint density at radius 3 is 2.52 bits per heavy atom. The van der Waals surface area contributed by atoms with Crippen LogP contribution in [0.3, 0.4) is 0 Å². The van der Waals surface area contributed by atoms with Crippen LogP contribution in [0.25, 0.3) is 0 Å². The first-order chi connectivity index (χ1) is 10.1. The number of esters is 1. The molecule has 0 bridgehead atoms. The van der Waals surface area contributed by atoms with Crippen LogP contribution in [0.15, 0.2) is 41.1 Å². The monoisotopic (exact) mass is 303 g/mol. The standard InChI is InChI=1S/C16H17NO3S/c1-11-3-5-12(6-4-11)14(9-15(18)20-2)17-16(19)13-7-8-21-10-13/h3-8,10,14H,9H2,1-2H3,(H,17,19)/t14-/m1/s1. The van der Waals surface area contributed by atoms with E-state index in [1.165, 1.54) is 18.4 Å². The molecule has 110 valence electrons. The molecule has 0 saturated heterocycles. The number of benzene rings is 1. The van der Waals surface area contributed by atoms with Crippen molar-refractivity contribution in [1.82, 2.24) is 5.32 Å². The number of nitrogens with one attached hydrogen (secondary N) is 1. The van der Waals surface area contributed by atoms with Crippen molar-refractivity contribution in [3.05, 3.63) is 57.8 Å². The van der Waals surface area contributed by atoms with E-state index in [0.29, 0.717) is 5.56 Å². The fourth-order valence-electron chi connectivity index (χ4n) is 1.94. The molecular formula is C16H17NO3S. The molecule has 0 radical (unpaired) electrons. The van der Waals surface area contributed by atoms with Gasteiger partial charge in [-0.2, -0.15) is 11.3 Å². The number of hydrogen-bond donors (Lipinski definition) is 1. The van der Waals surface area contributed by atoms with Crippen LogP contribution < -0.4 is 5.32 Å². The van der Waals surface area contributed by atoms with Gasteiger partial charge >= 0.3 is 5.97 Å². The van der Waals surface area contributed by atoms with Gasteiger partial charge in [-0.3, -0.25) is 9.59 Å². The van der Waals surface area contributed by atoms with E-state index in [2.05, 4.69) is 5.32 Å². The van der Waals surface area contributed by atoms with Crippen LogP contribution in [0.1, 0.15) is 33.9 Å². The molecule has 1 aromatic heterocycles. The van der Waals surface area contributed by atoms with E-state index in [0.717, 1.165) is 11.1 Å². The molecule has 0 aliphatic rings. The van der Waals surface area contributed by atoms with E-state index in [1.807, 2.05) is 36.6 Å². The summed E-state index contributed by atoms with van der Waals surface area (Å²) in [6, 6.07) is 9.09. The van der Waals surface area contributed by atoms with Gasteiger partial charge in [0.2, 0.25) is 0 Å². The first-order valence-electron chi connectivity index (χ1n) is 6.56. The van der Waals surface area contributed by atoms with Gasteiger partial charge in [-0.1, -0.05) is 29.8 Å². The minimum Gasteiger partial charge on any atom is -0.469 e. The van der Waals surface area contributed by atoms with Gasteiger partial charge in [-0.25, -0.2) is 0 Å². The number of aryl methyl sites for hydroxylation is 1. The summed E-state index contributed by atoms with van der Waals surface area (Å²) in [5.74, 6) is -0.545. The third kappa shape index (κ3) is 4.16. The lowest BCUT2D eigenvalue weighted by atomic mass is 10.0. The van der Waals surface area contributed by atoms with E-state index in [9.17, 15) is 9.59 Å². The Balaban J connectivity index is 2.17. The van der Waals surface area contributed by atoms with Crippen LogP contribution in [0.5, 0.6) is 0 Å². The summed E-state index contributed by atoms with van der Waals surface area (Å²) in [6.45, 7) is 1.99. The summed E-state index contributed by atoms with van der Waals surface area (Å²) in [5, 5.41) is 6.51. The zero-order chi connectivity index (χ0) is 15.2. The van der Waals surface area contributed by atoms with Crippen LogP contribution >= 0.6 is 11.3 Å². The second-order valence-corrected chi connectivity index (χ2v) is 5.51. The van der Waals surface area contributed by atoms with Crippen molar-refractivity contribution in [2.45, 2.75) is 19.4 Å². The van der Waals surface area contributed by atoms with Gasteiger partial charge in [-0.05, 0) is 23.9 Å². The molecule has 5 heteroatoms. The summed E-state index contributed by atoms with van der Waals surface area (Å²) in [7, 11) is 1.34. The summed E-state index contributed by atoms with van der Waals surface area (Å²) in [5.41, 5.74) is 2.61. The zero-order valence-corrected chi connectivity index (χ0v) is 12.8. The Morgan fingerprint density at radius 1 is 1.24 bits per heavy atom. The van der Waals surface area contributed by atoms with E-state index >= 15 is 0 Å². The van der Waals surface area contributed by atoms with Crippen molar-refractivity contribution in [2.75, 3.05) is 7.11 Å². The highest BCUT2D eigenvalue weighted by Crippen LogP contribution is 2.19. The maximum absolute atomic E-state index is 12.2. The molecular weight excluding hydrogens is 286 g/mol. The molecule has 0 fully saturated rings. The molecule has 1 N–H and O–H groups in total. The van der Waals surface area contributed by atoms with Crippen LogP contribution in [-0.4, -0.2) is 19.0 Å². The first-order valence-corrected chi connectivity index (χ1v) is 7.51. The SMILES string of the molecule is COC(=O)C[C@@H](NC(=O)c1ccsc1)c1ccc(C)cc1. The lowest BCUT2D eigenvalue weighted by molar-refractivity contribution is -0.141. The zero-order valence-electron chi connectivity index (χ0n) is 12.0. The van der Waals surface area contributed by atoms with Gasteiger partial charge in [0.15, 0.2) is 0 Å². The van der Waals surface area contributed by atoms with Crippen LogP contribution in [0.4, 0.5) is 0 Å². The highest BCUT2D eigenvalue weighted by Gasteiger charge is 2.19. The number of carbonyl (C=O) groups is 2. The smallest absolute Gasteiger partial charge is 0.307 e. The van der Waals surface area contributed by atoms with Gasteiger partial charge in [-0.15, -0.1) is 0 Å². The van der Waals surface area contributed by atoms with Crippen molar-refractivity contribution in [2.24, 2.45) is 0 Å². The first kappa shape index (κ1) is 15.3. The van der Waals surface area contributed by atoms with E-state index in [4.69, 9.17) is 4.74 Å². The number of methoxy groups -OCH3 is 1. The van der Waals surface area contributed by atoms with Crippen molar-refractivity contribution >= 4 is 23.2 Å². The second-order valence-electron chi connectivity index (χ2n) is 4.73. The molecule has 1 amide bonds. The topological polar surface area (TPSA) is 55.4 Å². The van der Waals surface area contributed by atoms with Crippen molar-refractivity contribution in [3.8, 4) is 0 Å². The average molecular weight is 303 g/mol. The number of rotatable bonds is 5. The molecule has 1 atom stereocenters. The highest BCUT2D eigenvalue weighted by atomic mass is 32.1. The maximum Gasteiger partial charge on any atom is 0.307 e. The molecule has 1 aromatic carbocycles. The molecule has 0 spiro atoms. The van der Waals surface area contributed by atoms with Gasteiger partial charge in [0, 0.05) is 5.38 Å². The fraction of sp³-hybridized carbons (Fsp3) is 0.250. The van der Waals surface area contributed by atoms with Gasteiger partial charge in [0.1, 0.15) is 0 Å². The number of hydrogen-bond acceptors (Lipinski definition) is 4. The summed E-state index contributed by atoms with van der Waals surface area (Å²) < 4.78 is 4.71. The Kier molecular flexibility index (Phi) is 5.11.